The van der Waals surface area contributed by atoms with Crippen LogP contribution in [-0.2, 0) is 30.4 Å². The number of alkyl carbamates (subject to hydrolysis) is 1. The van der Waals surface area contributed by atoms with Gasteiger partial charge in [-0.05, 0) is 58.4 Å². The number of cyclic esters (lactones) is 1. The van der Waals surface area contributed by atoms with Crippen LogP contribution in [-0.4, -0.2) is 43.1 Å². The van der Waals surface area contributed by atoms with Gasteiger partial charge in [0.1, 0.15) is 18.8 Å². The normalized spacial score (nSPS) is 19.7. The molecule has 0 aromatic heterocycles. The molecule has 0 spiro atoms. The first-order valence-electron chi connectivity index (χ1n) is 16.7. The number of rotatable bonds is 8. The van der Waals surface area contributed by atoms with Gasteiger partial charge in [0.2, 0.25) is 11.8 Å². The van der Waals surface area contributed by atoms with Gasteiger partial charge in [-0.25, -0.2) is 9.59 Å². The number of amides is 3. The molecule has 256 valence electrons. The maximum Gasteiger partial charge on any atom is 0.407 e. The van der Waals surface area contributed by atoms with Gasteiger partial charge in [0.05, 0.1) is 12.5 Å². The molecule has 1 aliphatic heterocycles. The molecule has 1 heterocycles. The first kappa shape index (κ1) is 34.5. The van der Waals surface area contributed by atoms with E-state index in [1.807, 2.05) is 66.7 Å². The summed E-state index contributed by atoms with van der Waals surface area (Å²) in [5.41, 5.74) is 5.94. The first-order valence-corrected chi connectivity index (χ1v) is 17.0. The molecule has 4 aromatic rings. The summed E-state index contributed by atoms with van der Waals surface area (Å²) in [4.78, 5) is 52.9. The number of hydrogen-bond acceptors (Lipinski definition) is 6. The summed E-state index contributed by atoms with van der Waals surface area (Å²) in [5.74, 6) is -2.08. The van der Waals surface area contributed by atoms with E-state index < -0.39 is 30.1 Å². The highest BCUT2D eigenvalue weighted by Gasteiger charge is 2.31. The summed E-state index contributed by atoms with van der Waals surface area (Å²) < 4.78 is 11.6. The second-order valence-corrected chi connectivity index (χ2v) is 12.8. The highest BCUT2D eigenvalue weighted by molar-refractivity contribution is 6.30. The van der Waals surface area contributed by atoms with E-state index in [4.69, 9.17) is 21.1 Å². The second kappa shape index (κ2) is 16.3. The Morgan fingerprint density at radius 2 is 1.46 bits per heavy atom. The number of ether oxygens (including phenoxy) is 2. The van der Waals surface area contributed by atoms with Gasteiger partial charge in [0.15, 0.2) is 0 Å². The molecule has 2 aliphatic rings. The van der Waals surface area contributed by atoms with Gasteiger partial charge >= 0.3 is 12.1 Å². The Kier molecular flexibility index (Phi) is 11.3. The van der Waals surface area contributed by atoms with E-state index in [1.54, 1.807) is 36.4 Å². The Morgan fingerprint density at radius 1 is 0.820 bits per heavy atom. The zero-order valence-electron chi connectivity index (χ0n) is 27.3. The van der Waals surface area contributed by atoms with E-state index in [0.717, 1.165) is 27.8 Å². The third-order valence-corrected chi connectivity index (χ3v) is 9.23. The van der Waals surface area contributed by atoms with Crippen molar-refractivity contribution in [2.24, 2.45) is 5.92 Å². The number of benzene rings is 4. The van der Waals surface area contributed by atoms with Gasteiger partial charge in [-0.1, -0.05) is 115 Å². The smallest absolute Gasteiger partial charge is 0.407 e. The van der Waals surface area contributed by atoms with Crippen LogP contribution in [0.2, 0.25) is 5.02 Å². The summed E-state index contributed by atoms with van der Waals surface area (Å²) in [6.45, 7) is 0.381. The third-order valence-electron chi connectivity index (χ3n) is 8.98. The fourth-order valence-electron chi connectivity index (χ4n) is 6.33. The number of allylic oxidation sites excluding steroid dienone is 1. The Balaban J connectivity index is 1.13. The van der Waals surface area contributed by atoms with E-state index in [1.165, 1.54) is 0 Å². The first-order chi connectivity index (χ1) is 24.4. The van der Waals surface area contributed by atoms with Crippen LogP contribution in [0.15, 0.2) is 115 Å². The Bertz CT molecular complexity index is 1820. The predicted molar refractivity (Wildman–Crippen MR) is 190 cm³/mol. The van der Waals surface area contributed by atoms with Crippen molar-refractivity contribution in [3.05, 3.63) is 143 Å². The number of esters is 1. The van der Waals surface area contributed by atoms with Gasteiger partial charge in [0, 0.05) is 23.9 Å². The van der Waals surface area contributed by atoms with E-state index in [2.05, 4.69) is 28.1 Å². The van der Waals surface area contributed by atoms with Crippen molar-refractivity contribution in [1.82, 2.24) is 16.0 Å². The molecule has 0 bridgehead atoms. The van der Waals surface area contributed by atoms with Gasteiger partial charge in [0.25, 0.3) is 0 Å². The monoisotopic (exact) mass is 691 g/mol. The van der Waals surface area contributed by atoms with Crippen LogP contribution in [0.25, 0.3) is 11.1 Å². The SMILES string of the molecule is O=C(C[C@@H]1C/C=C\C[C@H](NC(=O)OCC2c3ccccc3-c3ccccc32)C(=O)O[C@H](c2ccccc2)CNC1=O)NCc1ccc(Cl)cc1. The van der Waals surface area contributed by atoms with Crippen molar-refractivity contribution < 1.29 is 28.7 Å². The fourth-order valence-corrected chi connectivity index (χ4v) is 6.45. The number of carbonyl (C=O) groups is 4. The lowest BCUT2D eigenvalue weighted by Crippen LogP contribution is -2.44. The zero-order chi connectivity index (χ0) is 34.9. The summed E-state index contributed by atoms with van der Waals surface area (Å²) in [6.07, 6.45) is 2.19. The molecule has 0 radical (unpaired) electrons. The molecular formula is C40H38ClN3O6. The Morgan fingerprint density at radius 3 is 2.16 bits per heavy atom. The molecule has 0 saturated heterocycles. The predicted octanol–water partition coefficient (Wildman–Crippen LogP) is 6.62. The van der Waals surface area contributed by atoms with Crippen molar-refractivity contribution >= 4 is 35.5 Å². The quantitative estimate of drug-likeness (QED) is 0.141. The number of halogens is 1. The lowest BCUT2D eigenvalue weighted by Gasteiger charge is -2.25. The minimum Gasteiger partial charge on any atom is -0.454 e. The molecule has 6 rings (SSSR count). The maximum atomic E-state index is 13.5. The molecule has 3 atom stereocenters. The van der Waals surface area contributed by atoms with Crippen LogP contribution in [0.5, 0.6) is 0 Å². The standard InChI is InChI=1S/C40H38ClN3O6/c41-29-20-18-26(19-21-29)23-42-37(45)22-28-12-4-9-17-35(39(47)50-36(24-43-38(28)46)27-10-2-1-3-11-27)44-40(48)49-25-34-32-15-7-5-13-30(32)31-14-6-8-16-33(31)34/h1-11,13-16,18-21,28,34-36H,12,17,22-25H2,(H,42,45)(H,43,46)(H,44,48)/b9-4-/t28-,35-,36-/m0/s1. The van der Waals surface area contributed by atoms with E-state index in [0.29, 0.717) is 17.1 Å². The van der Waals surface area contributed by atoms with Gasteiger partial charge in [-0.15, -0.1) is 0 Å². The van der Waals surface area contributed by atoms with Gasteiger partial charge in [-0.3, -0.25) is 9.59 Å². The van der Waals surface area contributed by atoms with Crippen LogP contribution in [0.1, 0.15) is 53.5 Å². The van der Waals surface area contributed by atoms with Crippen molar-refractivity contribution in [2.75, 3.05) is 13.2 Å². The largest absolute Gasteiger partial charge is 0.454 e. The fraction of sp³-hybridized carbons (Fsp3) is 0.250. The average Bonchev–Trinajstić information content (AvgIpc) is 3.46. The lowest BCUT2D eigenvalue weighted by atomic mass is 9.98. The summed E-state index contributed by atoms with van der Waals surface area (Å²) in [7, 11) is 0. The van der Waals surface area contributed by atoms with Crippen molar-refractivity contribution in [3.63, 3.8) is 0 Å². The van der Waals surface area contributed by atoms with Crippen LogP contribution in [0, 0.1) is 5.92 Å². The third kappa shape index (κ3) is 8.59. The molecule has 0 saturated carbocycles. The number of fused-ring (bicyclic) bond motifs is 3. The van der Waals surface area contributed by atoms with Crippen LogP contribution in [0.4, 0.5) is 4.79 Å². The molecule has 0 fully saturated rings. The van der Waals surface area contributed by atoms with E-state index >= 15 is 0 Å². The number of nitrogens with one attached hydrogen (secondary N) is 3. The molecule has 1 aliphatic carbocycles. The summed E-state index contributed by atoms with van der Waals surface area (Å²) in [6, 6.07) is 31.3. The minimum atomic E-state index is -1.05. The topological polar surface area (TPSA) is 123 Å². The van der Waals surface area contributed by atoms with Crippen LogP contribution >= 0.6 is 11.6 Å². The number of hydrogen-bond donors (Lipinski definition) is 3. The van der Waals surface area contributed by atoms with Gasteiger partial charge < -0.3 is 25.4 Å². The Hall–Kier alpha value is -5.41. The molecular weight excluding hydrogens is 654 g/mol. The molecule has 50 heavy (non-hydrogen) atoms. The maximum absolute atomic E-state index is 13.5. The molecule has 4 aromatic carbocycles. The molecule has 0 unspecified atom stereocenters. The molecule has 3 N–H and O–H groups in total. The molecule has 3 amide bonds. The molecule has 10 heteroatoms. The lowest BCUT2D eigenvalue weighted by molar-refractivity contribution is -0.152. The van der Waals surface area contributed by atoms with E-state index in [9.17, 15) is 19.2 Å². The van der Waals surface area contributed by atoms with Crippen molar-refractivity contribution in [2.45, 2.75) is 43.9 Å². The zero-order valence-corrected chi connectivity index (χ0v) is 28.1. The average molecular weight is 692 g/mol. The van der Waals surface area contributed by atoms with Crippen LogP contribution in [0.3, 0.4) is 0 Å². The highest BCUT2D eigenvalue weighted by Crippen LogP contribution is 2.44. The van der Waals surface area contributed by atoms with Crippen molar-refractivity contribution in [3.8, 4) is 11.1 Å². The Labute approximate surface area is 296 Å². The van der Waals surface area contributed by atoms with E-state index in [-0.39, 0.29) is 50.1 Å². The minimum absolute atomic E-state index is 0.0150. The van der Waals surface area contributed by atoms with Crippen molar-refractivity contribution in [1.29, 1.82) is 0 Å². The highest BCUT2D eigenvalue weighted by atomic mass is 35.5. The second-order valence-electron chi connectivity index (χ2n) is 12.4. The summed E-state index contributed by atoms with van der Waals surface area (Å²) in [5, 5.41) is 9.05. The van der Waals surface area contributed by atoms with Gasteiger partial charge in [-0.2, -0.15) is 0 Å². The molecule has 9 nitrogen and oxygen atoms in total. The van der Waals surface area contributed by atoms with Crippen LogP contribution < -0.4 is 16.0 Å². The summed E-state index contributed by atoms with van der Waals surface area (Å²) >= 11 is 5.96. The number of carbonyl (C=O) groups excluding carboxylic acids is 4.